The van der Waals surface area contributed by atoms with E-state index in [-0.39, 0.29) is 36.6 Å². The number of pyridine rings is 2. The molecule has 2 heterocycles. The third-order valence-corrected chi connectivity index (χ3v) is 7.12. The van der Waals surface area contributed by atoms with E-state index in [9.17, 15) is 9.59 Å². The van der Waals surface area contributed by atoms with Gasteiger partial charge in [-0.15, -0.1) is 0 Å². The third kappa shape index (κ3) is 11.6. The summed E-state index contributed by atoms with van der Waals surface area (Å²) in [5.41, 5.74) is 18.9. The molecule has 12 heteroatoms. The van der Waals surface area contributed by atoms with Gasteiger partial charge in [-0.2, -0.15) is 0 Å². The highest BCUT2D eigenvalue weighted by Crippen LogP contribution is 2.21. The Morgan fingerprint density at radius 1 is 0.460 bits per heavy atom. The summed E-state index contributed by atoms with van der Waals surface area (Å²) in [5, 5.41) is 12.4. The number of nitrogens with zero attached hydrogens (tertiary/aromatic N) is 2. The summed E-state index contributed by atoms with van der Waals surface area (Å²) < 4.78 is 3.93. The minimum Gasteiger partial charge on any atom is -1.00 e. The Morgan fingerprint density at radius 2 is 0.780 bits per heavy atom. The number of aryl methyl sites for hydroxylation is 2. The number of carbonyl (C=O) groups excluding carboxylic acids is 2. The first-order chi connectivity index (χ1) is 23.2. The van der Waals surface area contributed by atoms with Crippen LogP contribution in [0.25, 0.3) is 0 Å². The van der Waals surface area contributed by atoms with Gasteiger partial charge < -0.3 is 57.5 Å². The number of nitrogens with one attached hydrogen (secondary N) is 4. The van der Waals surface area contributed by atoms with Crippen molar-refractivity contribution >= 4 is 57.3 Å². The van der Waals surface area contributed by atoms with Crippen LogP contribution in [0.15, 0.2) is 146 Å². The predicted octanol–water partition coefficient (Wildman–Crippen LogP) is 0.186. The van der Waals surface area contributed by atoms with Crippen LogP contribution >= 0.6 is 0 Å². The summed E-state index contributed by atoms with van der Waals surface area (Å²) in [5.74, 6) is -0.335. The van der Waals surface area contributed by atoms with E-state index in [4.69, 9.17) is 11.5 Å². The topological polar surface area (TPSA) is 142 Å². The number of benzene rings is 4. The predicted molar refractivity (Wildman–Crippen MR) is 192 cm³/mol. The molecule has 4 aromatic carbocycles. The van der Waals surface area contributed by atoms with E-state index < -0.39 is 0 Å². The zero-order valence-corrected chi connectivity index (χ0v) is 29.0. The van der Waals surface area contributed by atoms with Gasteiger partial charge >= 0.3 is 0 Å². The van der Waals surface area contributed by atoms with Crippen molar-refractivity contribution in [1.29, 1.82) is 0 Å². The Labute approximate surface area is 304 Å². The fourth-order valence-corrected chi connectivity index (χ4v) is 4.53. The van der Waals surface area contributed by atoms with E-state index in [0.717, 1.165) is 34.1 Å². The van der Waals surface area contributed by atoms with Crippen LogP contribution in [0.1, 0.15) is 20.7 Å². The highest BCUT2D eigenvalue weighted by Gasteiger charge is 2.08. The van der Waals surface area contributed by atoms with Gasteiger partial charge in [-0.3, -0.25) is 9.59 Å². The van der Waals surface area contributed by atoms with E-state index in [2.05, 4.69) is 21.3 Å². The van der Waals surface area contributed by atoms with Crippen molar-refractivity contribution in [3.63, 3.8) is 0 Å². The minimum atomic E-state index is -0.168. The molecule has 0 saturated heterocycles. The summed E-state index contributed by atoms with van der Waals surface area (Å²) in [7, 11) is 3.94. The molecule has 50 heavy (non-hydrogen) atoms. The number of aromatic nitrogens is 2. The summed E-state index contributed by atoms with van der Waals surface area (Å²) in [4.78, 5) is 24.5. The second-order valence-corrected chi connectivity index (χ2v) is 11.1. The van der Waals surface area contributed by atoms with Crippen molar-refractivity contribution in [2.45, 2.75) is 0 Å². The van der Waals surface area contributed by atoms with Crippen molar-refractivity contribution in [1.82, 2.24) is 0 Å². The van der Waals surface area contributed by atoms with Crippen LogP contribution in [0.3, 0.4) is 0 Å². The van der Waals surface area contributed by atoms with E-state index in [1.54, 1.807) is 48.5 Å². The number of carbonyl (C=O) groups is 2. The summed E-state index contributed by atoms with van der Waals surface area (Å²) in [6, 6.07) is 36.8. The van der Waals surface area contributed by atoms with Crippen LogP contribution < -0.4 is 66.7 Å². The molecule has 0 fully saturated rings. The van der Waals surface area contributed by atoms with Gasteiger partial charge in [0.15, 0.2) is 24.8 Å². The Bertz CT molecular complexity index is 1840. The molecule has 0 aliphatic rings. The maximum atomic E-state index is 12.3. The normalized spacial score (nSPS) is 9.80. The molecule has 0 bridgehead atoms. The Kier molecular flexibility index (Phi) is 14.1. The quantitative estimate of drug-likeness (QED) is 0.0986. The van der Waals surface area contributed by atoms with Crippen LogP contribution in [0.5, 0.6) is 0 Å². The highest BCUT2D eigenvalue weighted by atomic mass is 35.5. The molecule has 10 nitrogen and oxygen atoms in total. The molecule has 0 aliphatic carbocycles. The average Bonchev–Trinajstić information content (AvgIpc) is 3.08. The second-order valence-electron chi connectivity index (χ2n) is 11.1. The van der Waals surface area contributed by atoms with Crippen molar-refractivity contribution in [3.8, 4) is 0 Å². The van der Waals surface area contributed by atoms with Gasteiger partial charge in [-0.05, 0) is 84.9 Å². The average molecular weight is 710 g/mol. The number of hydrogen-bond acceptors (Lipinski definition) is 6. The first-order valence-corrected chi connectivity index (χ1v) is 15.2. The minimum absolute atomic E-state index is 0. The van der Waals surface area contributed by atoms with Gasteiger partial charge in [0, 0.05) is 69.5 Å². The van der Waals surface area contributed by atoms with E-state index in [1.807, 2.05) is 121 Å². The molecule has 0 spiro atoms. The summed E-state index contributed by atoms with van der Waals surface area (Å²) in [6.45, 7) is 0. The molecule has 8 N–H and O–H groups in total. The van der Waals surface area contributed by atoms with Crippen LogP contribution in [0, 0.1) is 0 Å². The molecule has 6 aromatic rings. The first-order valence-electron chi connectivity index (χ1n) is 15.2. The smallest absolute Gasteiger partial charge is 0.255 e. The fraction of sp³-hybridized carbons (Fsp3) is 0.0526. The maximum absolute atomic E-state index is 12.3. The van der Waals surface area contributed by atoms with E-state index in [1.165, 1.54) is 0 Å². The van der Waals surface area contributed by atoms with E-state index in [0.29, 0.717) is 22.5 Å². The lowest BCUT2D eigenvalue weighted by Crippen LogP contribution is -3.00. The molecule has 256 valence electrons. The number of halogens is 2. The Morgan fingerprint density at radius 3 is 1.12 bits per heavy atom. The highest BCUT2D eigenvalue weighted by molar-refractivity contribution is 6.05. The molecule has 6 rings (SSSR count). The zero-order valence-electron chi connectivity index (χ0n) is 27.5. The molecular formula is C38H38Cl2N8O2. The Hall–Kier alpha value is -6.10. The number of nitrogens with two attached hydrogens (primary N) is 2. The number of rotatable bonds is 8. The number of nitrogen functional groups attached to an aromatic ring is 2. The molecule has 2 amide bonds. The molecule has 0 saturated carbocycles. The number of amides is 2. The largest absolute Gasteiger partial charge is 1.00 e. The van der Waals surface area contributed by atoms with Crippen molar-refractivity contribution in [2.75, 3.05) is 32.7 Å². The summed E-state index contributed by atoms with van der Waals surface area (Å²) in [6.07, 6.45) is 7.87. The van der Waals surface area contributed by atoms with Crippen LogP contribution in [0.4, 0.5) is 45.5 Å². The molecule has 0 atom stereocenters. The SMILES string of the molecule is C[n+]1ccc(Nc2cccc(NC(=O)c3ccc(N)cc3)c2)cc1.C[n+]1ccc(Nc2cccc(NC(=O)c3ccc(N)cc3)c2)cc1.[Cl-].[Cl-]. The van der Waals surface area contributed by atoms with Crippen LogP contribution in [0.2, 0.25) is 0 Å². The summed E-state index contributed by atoms with van der Waals surface area (Å²) >= 11 is 0. The van der Waals surface area contributed by atoms with Crippen molar-refractivity contribution in [3.05, 3.63) is 157 Å². The fourth-order valence-electron chi connectivity index (χ4n) is 4.53. The van der Waals surface area contributed by atoms with Gasteiger partial charge in [0.1, 0.15) is 14.1 Å². The number of hydrogen-bond donors (Lipinski definition) is 6. The maximum Gasteiger partial charge on any atom is 0.255 e. The second kappa shape index (κ2) is 18.4. The molecule has 2 aromatic heterocycles. The lowest BCUT2D eigenvalue weighted by molar-refractivity contribution is -0.671. The molecule has 0 unspecified atom stereocenters. The molecule has 0 radical (unpaired) electrons. The number of anilines is 8. The van der Waals surface area contributed by atoms with Gasteiger partial charge in [0.25, 0.3) is 11.8 Å². The standard InChI is InChI=1S/2C19H18N4O.2ClH/c2*1-23-11-9-16(10-12-23)21-17-3-2-4-18(13-17)22-19(24)14-5-7-15(20)8-6-14;;/h2*2-13H,1H3,(H3,20,22,24);2*1H. The molecular weight excluding hydrogens is 671 g/mol. The van der Waals surface area contributed by atoms with Gasteiger partial charge in [-0.1, -0.05) is 12.1 Å². The van der Waals surface area contributed by atoms with Gasteiger partial charge in [0.2, 0.25) is 0 Å². The zero-order chi connectivity index (χ0) is 33.9. The lowest BCUT2D eigenvalue weighted by Gasteiger charge is -2.09. The third-order valence-electron chi connectivity index (χ3n) is 7.12. The van der Waals surface area contributed by atoms with Crippen molar-refractivity contribution < 1.29 is 43.5 Å². The van der Waals surface area contributed by atoms with Crippen LogP contribution in [-0.4, -0.2) is 11.8 Å². The van der Waals surface area contributed by atoms with E-state index >= 15 is 0 Å². The van der Waals surface area contributed by atoms with Gasteiger partial charge in [0.05, 0.1) is 11.4 Å². The van der Waals surface area contributed by atoms with Crippen molar-refractivity contribution in [2.24, 2.45) is 14.1 Å². The Balaban J connectivity index is 0.000000260. The monoisotopic (exact) mass is 708 g/mol. The van der Waals surface area contributed by atoms with Gasteiger partial charge in [-0.25, -0.2) is 9.13 Å². The first kappa shape index (κ1) is 38.3. The molecule has 0 aliphatic heterocycles. The van der Waals surface area contributed by atoms with Crippen LogP contribution in [-0.2, 0) is 14.1 Å². The lowest BCUT2D eigenvalue weighted by atomic mass is 10.2.